The van der Waals surface area contributed by atoms with E-state index in [2.05, 4.69) is 15.5 Å². The fourth-order valence-electron chi connectivity index (χ4n) is 1.62. The lowest BCUT2D eigenvalue weighted by Crippen LogP contribution is -1.99. The van der Waals surface area contributed by atoms with Gasteiger partial charge in [0.2, 0.25) is 5.16 Å². The van der Waals surface area contributed by atoms with Crippen LogP contribution in [-0.4, -0.2) is 25.1 Å². The molecule has 98 valence electrons. The summed E-state index contributed by atoms with van der Waals surface area (Å²) < 4.78 is 14.7. The summed E-state index contributed by atoms with van der Waals surface area (Å²) in [6, 6.07) is 3.72. The van der Waals surface area contributed by atoms with E-state index in [9.17, 15) is 14.5 Å². The Morgan fingerprint density at radius 1 is 1.47 bits per heavy atom. The number of benzene rings is 1. The van der Waals surface area contributed by atoms with E-state index in [1.807, 2.05) is 0 Å². The van der Waals surface area contributed by atoms with Gasteiger partial charge < -0.3 is 0 Å². The molecule has 1 aliphatic rings. The predicted octanol–water partition coefficient (Wildman–Crippen LogP) is 2.21. The Kier molecular flexibility index (Phi) is 2.90. The summed E-state index contributed by atoms with van der Waals surface area (Å²) >= 11 is 1.07. The Bertz CT molecular complexity index is 643. The molecule has 1 fully saturated rings. The molecule has 0 amide bonds. The Hall–Kier alpha value is -2.03. The van der Waals surface area contributed by atoms with Crippen molar-refractivity contribution >= 4 is 17.4 Å². The molecule has 0 N–H and O–H groups in total. The van der Waals surface area contributed by atoms with E-state index >= 15 is 0 Å². The van der Waals surface area contributed by atoms with Gasteiger partial charge in [-0.25, -0.2) is 9.07 Å². The van der Waals surface area contributed by atoms with Crippen LogP contribution in [0.25, 0.3) is 0 Å². The van der Waals surface area contributed by atoms with E-state index in [0.29, 0.717) is 10.1 Å². The molecule has 19 heavy (non-hydrogen) atoms. The van der Waals surface area contributed by atoms with E-state index in [-0.39, 0.29) is 11.7 Å². The molecule has 0 unspecified atom stereocenters. The summed E-state index contributed by atoms with van der Waals surface area (Å²) in [6.45, 7) is 0. The molecular weight excluding hydrogens is 273 g/mol. The fourth-order valence-corrected chi connectivity index (χ4v) is 2.55. The van der Waals surface area contributed by atoms with Crippen molar-refractivity contribution in [3.63, 3.8) is 0 Å². The number of nitro benzene ring substituents is 1. The molecule has 9 heteroatoms. The Morgan fingerprint density at radius 3 is 2.95 bits per heavy atom. The number of hydrogen-bond donors (Lipinski definition) is 0. The highest BCUT2D eigenvalue weighted by Gasteiger charge is 2.29. The lowest BCUT2D eigenvalue weighted by molar-refractivity contribution is -0.387. The van der Waals surface area contributed by atoms with Crippen molar-refractivity contribution in [1.82, 2.24) is 20.2 Å². The topological polar surface area (TPSA) is 86.7 Å². The third-order valence-electron chi connectivity index (χ3n) is 2.67. The quantitative estimate of drug-likeness (QED) is 0.630. The van der Waals surface area contributed by atoms with Crippen molar-refractivity contribution in [2.45, 2.75) is 28.9 Å². The molecule has 7 nitrogen and oxygen atoms in total. The van der Waals surface area contributed by atoms with Crippen molar-refractivity contribution in [2.24, 2.45) is 0 Å². The maximum Gasteiger partial charge on any atom is 0.286 e. The molecular formula is C10H8FN5O2S. The monoisotopic (exact) mass is 281 g/mol. The minimum absolute atomic E-state index is 0.275. The first-order valence-electron chi connectivity index (χ1n) is 5.55. The highest BCUT2D eigenvalue weighted by atomic mass is 32.2. The van der Waals surface area contributed by atoms with Gasteiger partial charge in [-0.2, -0.15) is 0 Å². The van der Waals surface area contributed by atoms with Crippen LogP contribution >= 0.6 is 11.8 Å². The van der Waals surface area contributed by atoms with Gasteiger partial charge in [0.05, 0.1) is 21.9 Å². The number of nitro groups is 1. The van der Waals surface area contributed by atoms with Gasteiger partial charge in [0.25, 0.3) is 5.69 Å². The average Bonchev–Trinajstić information content (AvgIpc) is 3.12. The van der Waals surface area contributed by atoms with Gasteiger partial charge in [-0.15, -0.1) is 5.10 Å². The molecule has 0 atom stereocenters. The first kappa shape index (κ1) is 12.0. The first-order valence-corrected chi connectivity index (χ1v) is 6.36. The maximum atomic E-state index is 13.0. The summed E-state index contributed by atoms with van der Waals surface area (Å²) in [5.74, 6) is -0.641. The zero-order chi connectivity index (χ0) is 13.4. The highest BCUT2D eigenvalue weighted by Crippen LogP contribution is 2.39. The molecule has 2 aromatic rings. The average molecular weight is 281 g/mol. The summed E-state index contributed by atoms with van der Waals surface area (Å²) in [4.78, 5) is 10.6. The van der Waals surface area contributed by atoms with E-state index < -0.39 is 10.7 Å². The van der Waals surface area contributed by atoms with Crippen LogP contribution in [0.3, 0.4) is 0 Å². The second kappa shape index (κ2) is 4.57. The number of tetrazole rings is 1. The minimum atomic E-state index is -0.641. The molecule has 0 aliphatic heterocycles. The molecule has 3 rings (SSSR count). The van der Waals surface area contributed by atoms with Gasteiger partial charge in [-0.3, -0.25) is 10.1 Å². The van der Waals surface area contributed by atoms with Crippen LogP contribution in [0.2, 0.25) is 0 Å². The standard InChI is InChI=1S/C10H8FN5O2S/c11-6-1-4-9(8(5-6)16(17)18)19-10-12-13-14-15(10)7-2-3-7/h1,4-5,7H,2-3H2. The van der Waals surface area contributed by atoms with E-state index in [1.54, 1.807) is 4.68 Å². The van der Waals surface area contributed by atoms with E-state index in [0.717, 1.165) is 30.7 Å². The largest absolute Gasteiger partial charge is 0.286 e. The smallest absolute Gasteiger partial charge is 0.258 e. The summed E-state index contributed by atoms with van der Waals surface area (Å²) in [6.07, 6.45) is 2.01. The van der Waals surface area contributed by atoms with Crippen LogP contribution in [0.1, 0.15) is 18.9 Å². The van der Waals surface area contributed by atoms with Gasteiger partial charge in [0.15, 0.2) is 0 Å². The fraction of sp³-hybridized carbons (Fsp3) is 0.300. The lowest BCUT2D eigenvalue weighted by atomic mass is 10.3. The first-order chi connectivity index (χ1) is 9.15. The van der Waals surface area contributed by atoms with Gasteiger partial charge in [-0.05, 0) is 47.2 Å². The Labute approximate surface area is 111 Å². The van der Waals surface area contributed by atoms with Crippen molar-refractivity contribution < 1.29 is 9.31 Å². The highest BCUT2D eigenvalue weighted by molar-refractivity contribution is 7.99. The van der Waals surface area contributed by atoms with Crippen LogP contribution in [0.15, 0.2) is 28.3 Å². The molecule has 0 radical (unpaired) electrons. The van der Waals surface area contributed by atoms with Crippen molar-refractivity contribution in [1.29, 1.82) is 0 Å². The minimum Gasteiger partial charge on any atom is -0.258 e. The molecule has 0 saturated heterocycles. The van der Waals surface area contributed by atoms with Crippen molar-refractivity contribution in [3.8, 4) is 0 Å². The number of aromatic nitrogens is 4. The van der Waals surface area contributed by atoms with Gasteiger partial charge in [0, 0.05) is 0 Å². The predicted molar refractivity (Wildman–Crippen MR) is 63.3 cm³/mol. The van der Waals surface area contributed by atoms with Crippen molar-refractivity contribution in [2.75, 3.05) is 0 Å². The van der Waals surface area contributed by atoms with Crippen LogP contribution in [0, 0.1) is 15.9 Å². The van der Waals surface area contributed by atoms with Gasteiger partial charge >= 0.3 is 0 Å². The summed E-state index contributed by atoms with van der Waals surface area (Å²) in [7, 11) is 0. The molecule has 1 aliphatic carbocycles. The Balaban J connectivity index is 1.94. The number of rotatable bonds is 4. The summed E-state index contributed by atoms with van der Waals surface area (Å²) in [5, 5.41) is 22.7. The SMILES string of the molecule is O=[N+]([O-])c1cc(F)ccc1Sc1nnnn1C1CC1. The van der Waals surface area contributed by atoms with Gasteiger partial charge in [0.1, 0.15) is 5.82 Å². The van der Waals surface area contributed by atoms with Gasteiger partial charge in [-0.1, -0.05) is 0 Å². The zero-order valence-corrected chi connectivity index (χ0v) is 10.4. The van der Waals surface area contributed by atoms with Crippen LogP contribution < -0.4 is 0 Å². The normalized spacial score (nSPS) is 14.6. The third-order valence-corrected chi connectivity index (χ3v) is 3.69. The second-order valence-corrected chi connectivity index (χ2v) is 5.12. The van der Waals surface area contributed by atoms with E-state index in [4.69, 9.17) is 0 Å². The van der Waals surface area contributed by atoms with Crippen LogP contribution in [0.5, 0.6) is 0 Å². The molecule has 0 bridgehead atoms. The third kappa shape index (κ3) is 2.41. The number of hydrogen-bond acceptors (Lipinski definition) is 6. The summed E-state index contributed by atoms with van der Waals surface area (Å²) in [5.41, 5.74) is -0.282. The van der Waals surface area contributed by atoms with Crippen molar-refractivity contribution in [3.05, 3.63) is 34.1 Å². The maximum absolute atomic E-state index is 13.0. The van der Waals surface area contributed by atoms with E-state index in [1.165, 1.54) is 12.1 Å². The lowest BCUT2D eigenvalue weighted by Gasteiger charge is -2.03. The molecule has 0 spiro atoms. The number of halogens is 1. The molecule has 1 aromatic heterocycles. The Morgan fingerprint density at radius 2 is 2.26 bits per heavy atom. The zero-order valence-electron chi connectivity index (χ0n) is 9.56. The molecule has 1 aromatic carbocycles. The molecule has 1 heterocycles. The number of nitrogens with zero attached hydrogens (tertiary/aromatic N) is 5. The van der Waals surface area contributed by atoms with Crippen LogP contribution in [-0.2, 0) is 0 Å². The molecule has 1 saturated carbocycles. The van der Waals surface area contributed by atoms with Crippen LogP contribution in [0.4, 0.5) is 10.1 Å². The second-order valence-electron chi connectivity index (χ2n) is 4.11.